The molecule has 2 aliphatic rings. The molecule has 0 saturated carbocycles. The van der Waals surface area contributed by atoms with E-state index in [1.54, 1.807) is 32.1 Å². The van der Waals surface area contributed by atoms with Crippen molar-refractivity contribution in [3.63, 3.8) is 0 Å². The van der Waals surface area contributed by atoms with Crippen LogP contribution >= 0.6 is 0 Å². The zero-order chi connectivity index (χ0) is 24.4. The van der Waals surface area contributed by atoms with E-state index >= 15 is 0 Å². The fraction of sp³-hybridized carbons (Fsp3) is 0.385. The van der Waals surface area contributed by atoms with E-state index < -0.39 is 5.79 Å². The molecule has 0 N–H and O–H groups in total. The van der Waals surface area contributed by atoms with E-state index in [1.165, 1.54) is 0 Å². The van der Waals surface area contributed by atoms with Gasteiger partial charge in [-0.3, -0.25) is 4.79 Å². The molecule has 3 aromatic rings. The predicted octanol–water partition coefficient (Wildman–Crippen LogP) is 3.54. The second-order valence-electron chi connectivity index (χ2n) is 8.49. The minimum Gasteiger partial charge on any atom is -0.497 e. The van der Waals surface area contributed by atoms with Crippen molar-refractivity contribution in [1.82, 2.24) is 14.7 Å². The number of amides is 1. The summed E-state index contributed by atoms with van der Waals surface area (Å²) < 4.78 is 29.5. The lowest BCUT2D eigenvalue weighted by Gasteiger charge is -2.37. The van der Waals surface area contributed by atoms with Gasteiger partial charge in [-0.15, -0.1) is 0 Å². The Kier molecular flexibility index (Phi) is 6.36. The summed E-state index contributed by atoms with van der Waals surface area (Å²) >= 11 is 0. The number of nitrogens with zero attached hydrogens (tertiary/aromatic N) is 3. The van der Waals surface area contributed by atoms with Crippen LogP contribution in [0.1, 0.15) is 23.3 Å². The summed E-state index contributed by atoms with van der Waals surface area (Å²) in [4.78, 5) is 15.6. The van der Waals surface area contributed by atoms with Gasteiger partial charge in [0.2, 0.25) is 0 Å². The van der Waals surface area contributed by atoms with E-state index in [1.807, 2.05) is 47.4 Å². The van der Waals surface area contributed by atoms with Gasteiger partial charge in [0, 0.05) is 37.6 Å². The number of likely N-dealkylation sites (tertiary alicyclic amines) is 1. The summed E-state index contributed by atoms with van der Waals surface area (Å²) in [5.41, 5.74) is 2.61. The number of benzene rings is 2. The number of hydrogen-bond donors (Lipinski definition) is 0. The maximum absolute atomic E-state index is 13.7. The highest BCUT2D eigenvalue weighted by Crippen LogP contribution is 2.35. The molecule has 1 spiro atoms. The number of aromatic nitrogens is 2. The first-order valence-electron chi connectivity index (χ1n) is 11.6. The molecule has 2 saturated heterocycles. The predicted molar refractivity (Wildman–Crippen MR) is 128 cm³/mol. The van der Waals surface area contributed by atoms with E-state index in [0.29, 0.717) is 62.0 Å². The SMILES string of the molecule is COc1ccc(-n2nc(-c3ccc(OC)cc3OC)cc2C(=O)N2CCC3(CC2)OCCO3)cc1. The molecule has 0 aliphatic carbocycles. The molecule has 2 aromatic carbocycles. The monoisotopic (exact) mass is 479 g/mol. The first kappa shape index (κ1) is 23.2. The quantitative estimate of drug-likeness (QED) is 0.535. The fourth-order valence-electron chi connectivity index (χ4n) is 4.59. The highest BCUT2D eigenvalue weighted by atomic mass is 16.7. The fourth-order valence-corrected chi connectivity index (χ4v) is 4.59. The van der Waals surface area contributed by atoms with Gasteiger partial charge in [-0.05, 0) is 42.5 Å². The maximum atomic E-state index is 13.7. The average molecular weight is 480 g/mol. The Morgan fingerprint density at radius 3 is 2.17 bits per heavy atom. The molecule has 2 aliphatic heterocycles. The van der Waals surface area contributed by atoms with Gasteiger partial charge >= 0.3 is 0 Å². The van der Waals surface area contributed by atoms with E-state index in [2.05, 4.69) is 0 Å². The van der Waals surface area contributed by atoms with Crippen molar-refractivity contribution in [3.05, 3.63) is 54.2 Å². The van der Waals surface area contributed by atoms with Crippen molar-refractivity contribution in [1.29, 1.82) is 0 Å². The van der Waals surface area contributed by atoms with Crippen molar-refractivity contribution < 1.29 is 28.5 Å². The van der Waals surface area contributed by atoms with Crippen LogP contribution in [0.4, 0.5) is 0 Å². The summed E-state index contributed by atoms with van der Waals surface area (Å²) in [6.07, 6.45) is 1.29. The lowest BCUT2D eigenvalue weighted by atomic mass is 10.0. The Morgan fingerprint density at radius 1 is 0.886 bits per heavy atom. The Balaban J connectivity index is 1.51. The third-order valence-corrected chi connectivity index (χ3v) is 6.56. The Labute approximate surface area is 204 Å². The molecule has 1 aromatic heterocycles. The van der Waals surface area contributed by atoms with Crippen LogP contribution in [-0.4, -0.2) is 74.0 Å². The van der Waals surface area contributed by atoms with Gasteiger partial charge in [0.15, 0.2) is 5.79 Å². The van der Waals surface area contributed by atoms with Crippen LogP contribution in [-0.2, 0) is 9.47 Å². The van der Waals surface area contributed by atoms with Crippen LogP contribution < -0.4 is 14.2 Å². The minimum atomic E-state index is -0.547. The maximum Gasteiger partial charge on any atom is 0.272 e. The van der Waals surface area contributed by atoms with Gasteiger partial charge in [-0.25, -0.2) is 4.68 Å². The van der Waals surface area contributed by atoms with Gasteiger partial charge in [0.25, 0.3) is 5.91 Å². The topological polar surface area (TPSA) is 84.3 Å². The smallest absolute Gasteiger partial charge is 0.272 e. The second kappa shape index (κ2) is 9.59. The van der Waals surface area contributed by atoms with Crippen molar-refractivity contribution in [2.24, 2.45) is 0 Å². The summed E-state index contributed by atoms with van der Waals surface area (Å²) in [7, 11) is 4.82. The number of ether oxygens (including phenoxy) is 5. The van der Waals surface area contributed by atoms with Gasteiger partial charge in [0.1, 0.15) is 22.9 Å². The zero-order valence-corrected chi connectivity index (χ0v) is 20.2. The molecule has 0 radical (unpaired) electrons. The molecule has 5 rings (SSSR count). The third-order valence-electron chi connectivity index (χ3n) is 6.56. The molecule has 0 unspecified atom stereocenters. The lowest BCUT2D eigenvalue weighted by molar-refractivity contribution is -0.181. The number of piperidine rings is 1. The molecule has 9 heteroatoms. The Hall–Kier alpha value is -3.56. The number of rotatable bonds is 6. The zero-order valence-electron chi connectivity index (χ0n) is 20.2. The summed E-state index contributed by atoms with van der Waals surface area (Å²) in [5.74, 6) is 1.37. The van der Waals surface area contributed by atoms with E-state index in [-0.39, 0.29) is 5.91 Å². The number of carbonyl (C=O) groups excluding carboxylic acids is 1. The molecule has 9 nitrogen and oxygen atoms in total. The van der Waals surface area contributed by atoms with Crippen molar-refractivity contribution in [2.75, 3.05) is 47.6 Å². The van der Waals surface area contributed by atoms with E-state index in [9.17, 15) is 4.79 Å². The molecule has 184 valence electrons. The highest BCUT2D eigenvalue weighted by Gasteiger charge is 2.41. The Bertz CT molecular complexity index is 1190. The second-order valence-corrected chi connectivity index (χ2v) is 8.49. The number of methoxy groups -OCH3 is 3. The summed E-state index contributed by atoms with van der Waals surface area (Å²) in [5, 5.41) is 4.82. The summed E-state index contributed by atoms with van der Waals surface area (Å²) in [6, 6.07) is 14.8. The largest absolute Gasteiger partial charge is 0.497 e. The van der Waals surface area contributed by atoms with Gasteiger partial charge in [-0.2, -0.15) is 5.10 Å². The molecule has 1 amide bonds. The molecule has 0 atom stereocenters. The molecule has 3 heterocycles. The third kappa shape index (κ3) is 4.44. The minimum absolute atomic E-state index is 0.0973. The van der Waals surface area contributed by atoms with Crippen molar-refractivity contribution in [3.8, 4) is 34.2 Å². The lowest BCUT2D eigenvalue weighted by Crippen LogP contribution is -2.47. The van der Waals surface area contributed by atoms with Crippen LogP contribution in [0.15, 0.2) is 48.5 Å². The normalized spacial score (nSPS) is 16.9. The van der Waals surface area contributed by atoms with E-state index in [4.69, 9.17) is 28.8 Å². The van der Waals surface area contributed by atoms with Crippen LogP contribution in [0.3, 0.4) is 0 Å². The first-order valence-corrected chi connectivity index (χ1v) is 11.6. The van der Waals surface area contributed by atoms with Crippen molar-refractivity contribution >= 4 is 5.91 Å². The highest BCUT2D eigenvalue weighted by molar-refractivity contribution is 5.94. The van der Waals surface area contributed by atoms with Gasteiger partial charge in [0.05, 0.1) is 45.9 Å². The number of carbonyl (C=O) groups is 1. The van der Waals surface area contributed by atoms with Crippen LogP contribution in [0.5, 0.6) is 17.2 Å². The number of hydrogen-bond acceptors (Lipinski definition) is 7. The molecule has 0 bridgehead atoms. The van der Waals surface area contributed by atoms with Gasteiger partial charge < -0.3 is 28.6 Å². The summed E-state index contributed by atoms with van der Waals surface area (Å²) in [6.45, 7) is 2.30. The van der Waals surface area contributed by atoms with Crippen molar-refractivity contribution in [2.45, 2.75) is 18.6 Å². The Morgan fingerprint density at radius 2 is 1.54 bits per heavy atom. The first-order chi connectivity index (χ1) is 17.1. The van der Waals surface area contributed by atoms with Crippen LogP contribution in [0.25, 0.3) is 16.9 Å². The standard InChI is InChI=1S/C26H29N3O6/c1-31-19-6-4-18(5-7-19)29-23(25(30)28-12-10-26(11-13-28)34-14-15-35-26)17-22(27-29)21-9-8-20(32-2)16-24(21)33-3/h4-9,16-17H,10-15H2,1-3H3. The molecular weight excluding hydrogens is 450 g/mol. The van der Waals surface area contributed by atoms with E-state index in [0.717, 1.165) is 17.0 Å². The average Bonchev–Trinajstić information content (AvgIpc) is 3.56. The van der Waals surface area contributed by atoms with Crippen LogP contribution in [0, 0.1) is 0 Å². The molecule has 35 heavy (non-hydrogen) atoms. The molecular formula is C26H29N3O6. The van der Waals surface area contributed by atoms with Gasteiger partial charge in [-0.1, -0.05) is 0 Å². The molecule has 2 fully saturated rings. The van der Waals surface area contributed by atoms with Crippen LogP contribution in [0.2, 0.25) is 0 Å².